The lowest BCUT2D eigenvalue weighted by Gasteiger charge is -2.52. The van der Waals surface area contributed by atoms with Crippen LogP contribution in [-0.2, 0) is 0 Å². The fourth-order valence-electron chi connectivity index (χ4n) is 3.44. The summed E-state index contributed by atoms with van der Waals surface area (Å²) in [7, 11) is 0. The molecular weight excluding hydrogens is 314 g/mol. The zero-order valence-corrected chi connectivity index (χ0v) is 13.9. The van der Waals surface area contributed by atoms with Gasteiger partial charge in [0.05, 0.1) is 24.3 Å². The number of pyridine rings is 1. The Morgan fingerprint density at radius 2 is 2.16 bits per heavy atom. The number of nitrogens with zero attached hydrogens (tertiary/aromatic N) is 3. The van der Waals surface area contributed by atoms with Crippen LogP contribution >= 0.6 is 0 Å². The van der Waals surface area contributed by atoms with Crippen molar-refractivity contribution in [3.05, 3.63) is 71.6 Å². The molecule has 0 aliphatic carbocycles. The van der Waals surface area contributed by atoms with Gasteiger partial charge in [0.1, 0.15) is 6.04 Å². The second-order valence-corrected chi connectivity index (χ2v) is 5.93. The molecule has 1 saturated heterocycles. The van der Waals surface area contributed by atoms with Crippen LogP contribution in [0.5, 0.6) is 0 Å². The van der Waals surface area contributed by atoms with Crippen molar-refractivity contribution in [3.63, 3.8) is 0 Å². The number of nitriles is 1. The molecule has 5 heteroatoms. The number of aliphatic hydroxyl groups is 1. The largest absolute Gasteiger partial charge is 0.394 e. The molecule has 25 heavy (non-hydrogen) atoms. The lowest BCUT2D eigenvalue weighted by atomic mass is 9.74. The number of hydrogen-bond donors (Lipinski definition) is 1. The average Bonchev–Trinajstić information content (AvgIpc) is 2.64. The van der Waals surface area contributed by atoms with Crippen LogP contribution in [0.1, 0.15) is 34.3 Å². The Hall–Kier alpha value is -2.97. The molecule has 2 heterocycles. The van der Waals surface area contributed by atoms with Gasteiger partial charge in [-0.15, -0.1) is 0 Å². The Morgan fingerprint density at radius 3 is 2.80 bits per heavy atom. The van der Waals surface area contributed by atoms with Gasteiger partial charge in [0.2, 0.25) is 0 Å². The molecule has 1 N–H and O–H groups in total. The highest BCUT2D eigenvalue weighted by Crippen LogP contribution is 2.42. The molecule has 0 unspecified atom stereocenters. The maximum atomic E-state index is 12.8. The first kappa shape index (κ1) is 16.9. The summed E-state index contributed by atoms with van der Waals surface area (Å²) in [4.78, 5) is 18.2. The molecule has 1 amide bonds. The Bertz CT molecular complexity index is 826. The first-order valence-electron chi connectivity index (χ1n) is 8.17. The van der Waals surface area contributed by atoms with Crippen LogP contribution in [0.3, 0.4) is 0 Å². The van der Waals surface area contributed by atoms with E-state index in [1.807, 2.05) is 43.3 Å². The molecule has 2 aromatic rings. The first-order chi connectivity index (χ1) is 12.2. The molecule has 1 fully saturated rings. The lowest BCUT2D eigenvalue weighted by Crippen LogP contribution is -2.65. The van der Waals surface area contributed by atoms with E-state index in [2.05, 4.69) is 11.1 Å². The van der Waals surface area contributed by atoms with E-state index in [0.29, 0.717) is 5.56 Å². The Kier molecular flexibility index (Phi) is 4.92. The Balaban J connectivity index is 1.96. The Morgan fingerprint density at radius 1 is 1.36 bits per heavy atom. The van der Waals surface area contributed by atoms with E-state index in [1.165, 1.54) is 11.1 Å². The topological polar surface area (TPSA) is 77.2 Å². The van der Waals surface area contributed by atoms with Crippen LogP contribution in [-0.4, -0.2) is 39.6 Å². The summed E-state index contributed by atoms with van der Waals surface area (Å²) in [6.07, 6.45) is 6.98. The van der Waals surface area contributed by atoms with Gasteiger partial charge in [-0.05, 0) is 30.2 Å². The van der Waals surface area contributed by atoms with Crippen molar-refractivity contribution in [1.29, 1.82) is 5.26 Å². The smallest absolute Gasteiger partial charge is 0.256 e. The molecule has 0 radical (unpaired) electrons. The van der Waals surface area contributed by atoms with Gasteiger partial charge >= 0.3 is 0 Å². The number of rotatable bonds is 4. The van der Waals surface area contributed by atoms with Crippen LogP contribution in [0.25, 0.3) is 6.08 Å². The molecule has 0 bridgehead atoms. The monoisotopic (exact) mass is 333 g/mol. The van der Waals surface area contributed by atoms with Crippen molar-refractivity contribution >= 4 is 12.0 Å². The van der Waals surface area contributed by atoms with E-state index in [4.69, 9.17) is 0 Å². The number of likely N-dealkylation sites (tertiary alicyclic amines) is 1. The third kappa shape index (κ3) is 2.92. The van der Waals surface area contributed by atoms with Gasteiger partial charge in [-0.2, -0.15) is 5.26 Å². The van der Waals surface area contributed by atoms with Crippen LogP contribution < -0.4 is 0 Å². The summed E-state index contributed by atoms with van der Waals surface area (Å²) in [5.41, 5.74) is 2.39. The minimum absolute atomic E-state index is 0.195. The number of allylic oxidation sites excluding steroid dienone is 1. The SMILES string of the molecule is C/C=C/c1ccccc1[C@H]1[C@@H](C#N)N(C(=O)c2cccnc2)[C@@H]1CO. The summed E-state index contributed by atoms with van der Waals surface area (Å²) in [6, 6.07) is 12.3. The highest BCUT2D eigenvalue weighted by atomic mass is 16.3. The summed E-state index contributed by atoms with van der Waals surface area (Å²) < 4.78 is 0. The van der Waals surface area contributed by atoms with Crippen molar-refractivity contribution in [2.45, 2.75) is 24.9 Å². The van der Waals surface area contributed by atoms with Gasteiger partial charge in [-0.3, -0.25) is 9.78 Å². The maximum Gasteiger partial charge on any atom is 0.256 e. The standard InChI is InChI=1S/C20H19N3O2/c1-2-6-14-7-3-4-9-16(14)19-17(11-21)23(18(19)13-24)20(25)15-8-5-10-22-12-15/h2-10,12,17-19,24H,13H2,1H3/b6-2+/t17-,18-,19+/m1/s1. The van der Waals surface area contributed by atoms with Crippen LogP contribution in [0.15, 0.2) is 54.9 Å². The third-order valence-corrected chi connectivity index (χ3v) is 4.58. The second-order valence-electron chi connectivity index (χ2n) is 5.93. The molecule has 126 valence electrons. The molecule has 1 aliphatic rings. The van der Waals surface area contributed by atoms with E-state index < -0.39 is 12.1 Å². The molecule has 1 aliphatic heterocycles. The molecule has 1 aromatic carbocycles. The first-order valence-corrected chi connectivity index (χ1v) is 8.17. The lowest BCUT2D eigenvalue weighted by molar-refractivity contribution is -0.00593. The van der Waals surface area contributed by atoms with Crippen molar-refractivity contribution in [2.24, 2.45) is 0 Å². The quantitative estimate of drug-likeness (QED) is 0.933. The van der Waals surface area contributed by atoms with Gasteiger partial charge in [0.25, 0.3) is 5.91 Å². The highest BCUT2D eigenvalue weighted by Gasteiger charge is 2.52. The van der Waals surface area contributed by atoms with E-state index in [0.717, 1.165) is 11.1 Å². The summed E-state index contributed by atoms with van der Waals surface area (Å²) in [5.74, 6) is -0.499. The van der Waals surface area contributed by atoms with Crippen molar-refractivity contribution < 1.29 is 9.90 Å². The number of aliphatic hydroxyl groups excluding tert-OH is 1. The fourth-order valence-corrected chi connectivity index (χ4v) is 3.44. The van der Waals surface area contributed by atoms with Crippen molar-refractivity contribution in [1.82, 2.24) is 9.88 Å². The van der Waals surface area contributed by atoms with Gasteiger partial charge in [0.15, 0.2) is 0 Å². The zero-order valence-electron chi connectivity index (χ0n) is 13.9. The predicted octanol–water partition coefficient (Wildman–Crippen LogP) is 2.61. The second kappa shape index (κ2) is 7.29. The maximum absolute atomic E-state index is 12.8. The van der Waals surface area contributed by atoms with Crippen LogP contribution in [0.4, 0.5) is 0 Å². The molecule has 5 nitrogen and oxygen atoms in total. The van der Waals surface area contributed by atoms with Gasteiger partial charge in [-0.1, -0.05) is 36.4 Å². The van der Waals surface area contributed by atoms with Crippen LogP contribution in [0, 0.1) is 11.3 Å². The van der Waals surface area contributed by atoms with E-state index >= 15 is 0 Å². The number of amides is 1. The van der Waals surface area contributed by atoms with E-state index in [-0.39, 0.29) is 18.4 Å². The van der Waals surface area contributed by atoms with Crippen molar-refractivity contribution in [3.8, 4) is 6.07 Å². The van der Waals surface area contributed by atoms with Crippen LogP contribution in [0.2, 0.25) is 0 Å². The number of benzene rings is 1. The summed E-state index contributed by atoms with van der Waals surface area (Å²) in [6.45, 7) is 1.74. The molecule has 3 rings (SSSR count). The molecule has 1 aromatic heterocycles. The summed E-state index contributed by atoms with van der Waals surface area (Å²) in [5, 5.41) is 19.5. The summed E-state index contributed by atoms with van der Waals surface area (Å²) >= 11 is 0. The number of aromatic nitrogens is 1. The van der Waals surface area contributed by atoms with Gasteiger partial charge < -0.3 is 10.0 Å². The average molecular weight is 333 g/mol. The Labute approximate surface area is 146 Å². The molecule has 0 spiro atoms. The minimum Gasteiger partial charge on any atom is -0.394 e. The number of carbonyl (C=O) groups is 1. The van der Waals surface area contributed by atoms with Crippen molar-refractivity contribution in [2.75, 3.05) is 6.61 Å². The molecule has 0 saturated carbocycles. The third-order valence-electron chi connectivity index (χ3n) is 4.58. The molecular formula is C20H19N3O2. The number of hydrogen-bond acceptors (Lipinski definition) is 4. The van der Waals surface area contributed by atoms with Gasteiger partial charge in [0, 0.05) is 18.3 Å². The number of carbonyl (C=O) groups excluding carboxylic acids is 1. The fraction of sp³-hybridized carbons (Fsp3) is 0.250. The minimum atomic E-state index is -0.615. The zero-order chi connectivity index (χ0) is 17.8. The van der Waals surface area contributed by atoms with E-state index in [9.17, 15) is 15.2 Å². The molecule has 3 atom stereocenters. The predicted molar refractivity (Wildman–Crippen MR) is 94.6 cm³/mol. The van der Waals surface area contributed by atoms with E-state index in [1.54, 1.807) is 18.3 Å². The normalized spacial score (nSPS) is 22.4. The van der Waals surface area contributed by atoms with Gasteiger partial charge in [-0.25, -0.2) is 0 Å². The highest BCUT2D eigenvalue weighted by molar-refractivity contribution is 5.95.